The molecule has 1 saturated heterocycles. The lowest BCUT2D eigenvalue weighted by atomic mass is 9.91. The van der Waals surface area contributed by atoms with Gasteiger partial charge in [0.1, 0.15) is 0 Å². The van der Waals surface area contributed by atoms with Gasteiger partial charge in [0.2, 0.25) is 0 Å². The van der Waals surface area contributed by atoms with Crippen molar-refractivity contribution in [3.05, 3.63) is 0 Å². The van der Waals surface area contributed by atoms with E-state index in [9.17, 15) is 0 Å². The van der Waals surface area contributed by atoms with Crippen LogP contribution in [0.3, 0.4) is 0 Å². The Bertz CT molecular complexity index is 200. The highest BCUT2D eigenvalue weighted by Gasteiger charge is 2.18. The minimum Gasteiger partial charge on any atom is -0.302 e. The SMILES string of the molecule is CC(C)(C#N)CCN1CCCSCC1. The van der Waals surface area contributed by atoms with Gasteiger partial charge in [-0.15, -0.1) is 0 Å². The van der Waals surface area contributed by atoms with E-state index in [-0.39, 0.29) is 5.41 Å². The summed E-state index contributed by atoms with van der Waals surface area (Å²) in [4.78, 5) is 2.50. The highest BCUT2D eigenvalue weighted by Crippen LogP contribution is 2.20. The van der Waals surface area contributed by atoms with Crippen molar-refractivity contribution >= 4 is 11.8 Å². The number of rotatable bonds is 3. The molecule has 0 aliphatic carbocycles. The van der Waals surface area contributed by atoms with Gasteiger partial charge in [0.25, 0.3) is 0 Å². The van der Waals surface area contributed by atoms with Crippen LogP contribution in [0.5, 0.6) is 0 Å². The van der Waals surface area contributed by atoms with Crippen LogP contribution >= 0.6 is 11.8 Å². The maximum atomic E-state index is 8.91. The molecule has 1 fully saturated rings. The highest BCUT2D eigenvalue weighted by molar-refractivity contribution is 7.99. The number of thioether (sulfide) groups is 1. The first-order valence-corrected chi connectivity index (χ1v) is 6.51. The Morgan fingerprint density at radius 1 is 1.36 bits per heavy atom. The largest absolute Gasteiger partial charge is 0.302 e. The Morgan fingerprint density at radius 2 is 2.14 bits per heavy atom. The molecule has 0 aromatic heterocycles. The Morgan fingerprint density at radius 3 is 2.86 bits per heavy atom. The Hall–Kier alpha value is -0.200. The summed E-state index contributed by atoms with van der Waals surface area (Å²) in [6.07, 6.45) is 2.30. The predicted molar refractivity (Wildman–Crippen MR) is 62.4 cm³/mol. The van der Waals surface area contributed by atoms with Crippen molar-refractivity contribution < 1.29 is 0 Å². The molecule has 0 aromatic carbocycles. The molecule has 0 atom stereocenters. The van der Waals surface area contributed by atoms with Gasteiger partial charge in [-0.3, -0.25) is 0 Å². The molecule has 0 saturated carbocycles. The van der Waals surface area contributed by atoms with Crippen LogP contribution in [0.15, 0.2) is 0 Å². The molecular formula is C11H20N2S. The second-order valence-corrected chi connectivity index (χ2v) is 5.78. The van der Waals surface area contributed by atoms with Crippen LogP contribution in [0, 0.1) is 16.7 Å². The Labute approximate surface area is 91.7 Å². The van der Waals surface area contributed by atoms with E-state index in [1.54, 1.807) is 0 Å². The van der Waals surface area contributed by atoms with Crippen LogP contribution in [0.4, 0.5) is 0 Å². The van der Waals surface area contributed by atoms with Gasteiger partial charge in [-0.25, -0.2) is 0 Å². The summed E-state index contributed by atoms with van der Waals surface area (Å²) in [5, 5.41) is 8.91. The van der Waals surface area contributed by atoms with E-state index < -0.39 is 0 Å². The number of hydrogen-bond donors (Lipinski definition) is 0. The molecule has 0 bridgehead atoms. The first-order chi connectivity index (χ1) is 6.64. The van der Waals surface area contributed by atoms with Crippen LogP contribution < -0.4 is 0 Å². The molecule has 0 N–H and O–H groups in total. The molecule has 0 aromatic rings. The van der Waals surface area contributed by atoms with Crippen LogP contribution in [0.25, 0.3) is 0 Å². The number of nitriles is 1. The lowest BCUT2D eigenvalue weighted by Crippen LogP contribution is -2.29. The van der Waals surface area contributed by atoms with Gasteiger partial charge in [0.15, 0.2) is 0 Å². The Kier molecular flexibility index (Phi) is 4.77. The van der Waals surface area contributed by atoms with E-state index in [2.05, 4.69) is 22.7 Å². The Balaban J connectivity index is 2.26. The van der Waals surface area contributed by atoms with Gasteiger partial charge in [0.05, 0.1) is 11.5 Å². The van der Waals surface area contributed by atoms with Crippen molar-refractivity contribution in [3.63, 3.8) is 0 Å². The molecule has 1 aliphatic heterocycles. The standard InChI is InChI=1S/C11H20N2S/c1-11(2,10-12)4-6-13-5-3-8-14-9-7-13/h3-9H2,1-2H3. The molecule has 1 rings (SSSR count). The normalized spacial score (nSPS) is 20.1. The first kappa shape index (κ1) is 11.9. The zero-order valence-electron chi connectivity index (χ0n) is 9.25. The molecule has 0 unspecified atom stereocenters. The zero-order chi connectivity index (χ0) is 10.4. The average molecular weight is 212 g/mol. The third kappa shape index (κ3) is 4.34. The molecule has 80 valence electrons. The van der Waals surface area contributed by atoms with E-state index in [4.69, 9.17) is 5.26 Å². The molecule has 3 heteroatoms. The average Bonchev–Trinajstić information content (AvgIpc) is 2.43. The van der Waals surface area contributed by atoms with E-state index in [0.717, 1.165) is 13.0 Å². The van der Waals surface area contributed by atoms with E-state index in [0.29, 0.717) is 0 Å². The third-order valence-electron chi connectivity index (χ3n) is 2.67. The highest BCUT2D eigenvalue weighted by atomic mass is 32.2. The molecule has 2 nitrogen and oxygen atoms in total. The molecule has 0 amide bonds. The maximum absolute atomic E-state index is 8.91. The second-order valence-electron chi connectivity index (χ2n) is 4.55. The molecular weight excluding hydrogens is 192 g/mol. The van der Waals surface area contributed by atoms with Gasteiger partial charge >= 0.3 is 0 Å². The van der Waals surface area contributed by atoms with E-state index >= 15 is 0 Å². The monoisotopic (exact) mass is 212 g/mol. The molecule has 0 radical (unpaired) electrons. The second kappa shape index (κ2) is 5.63. The van der Waals surface area contributed by atoms with E-state index in [1.165, 1.54) is 31.0 Å². The number of hydrogen-bond acceptors (Lipinski definition) is 3. The number of nitrogens with zero attached hydrogens (tertiary/aromatic N) is 2. The van der Waals surface area contributed by atoms with Crippen LogP contribution in [0.2, 0.25) is 0 Å². The molecule has 0 spiro atoms. The minimum absolute atomic E-state index is 0.153. The topological polar surface area (TPSA) is 27.0 Å². The zero-order valence-corrected chi connectivity index (χ0v) is 10.1. The smallest absolute Gasteiger partial charge is 0.0684 e. The quantitative estimate of drug-likeness (QED) is 0.718. The van der Waals surface area contributed by atoms with E-state index in [1.807, 2.05) is 13.8 Å². The third-order valence-corrected chi connectivity index (χ3v) is 3.72. The van der Waals surface area contributed by atoms with Gasteiger partial charge in [-0.05, 0) is 45.5 Å². The van der Waals surface area contributed by atoms with Crippen molar-refractivity contribution in [2.45, 2.75) is 26.7 Å². The van der Waals surface area contributed by atoms with Crippen LogP contribution in [0.1, 0.15) is 26.7 Å². The fourth-order valence-electron chi connectivity index (χ4n) is 1.51. The van der Waals surface area contributed by atoms with Crippen molar-refractivity contribution in [3.8, 4) is 6.07 Å². The summed E-state index contributed by atoms with van der Waals surface area (Å²) in [6.45, 7) is 7.56. The predicted octanol–water partition coefficient (Wildman–Crippen LogP) is 2.37. The van der Waals surface area contributed by atoms with Gasteiger partial charge < -0.3 is 4.90 Å². The molecule has 1 aliphatic rings. The minimum atomic E-state index is -0.153. The van der Waals surface area contributed by atoms with Gasteiger partial charge in [0, 0.05) is 12.3 Å². The maximum Gasteiger partial charge on any atom is 0.0684 e. The summed E-state index contributed by atoms with van der Waals surface area (Å²) in [7, 11) is 0. The summed E-state index contributed by atoms with van der Waals surface area (Å²) in [6, 6.07) is 2.36. The first-order valence-electron chi connectivity index (χ1n) is 5.35. The fourth-order valence-corrected chi connectivity index (χ4v) is 2.44. The summed E-state index contributed by atoms with van der Waals surface area (Å²) in [5.41, 5.74) is -0.153. The van der Waals surface area contributed by atoms with Crippen molar-refractivity contribution in [2.24, 2.45) is 5.41 Å². The summed E-state index contributed by atoms with van der Waals surface area (Å²) in [5.74, 6) is 2.56. The summed E-state index contributed by atoms with van der Waals surface area (Å²) >= 11 is 2.05. The van der Waals surface area contributed by atoms with Crippen molar-refractivity contribution in [1.82, 2.24) is 4.90 Å². The lowest BCUT2D eigenvalue weighted by molar-refractivity contribution is 0.258. The lowest BCUT2D eigenvalue weighted by Gasteiger charge is -2.23. The van der Waals surface area contributed by atoms with Crippen molar-refractivity contribution in [2.75, 3.05) is 31.1 Å². The van der Waals surface area contributed by atoms with Crippen LogP contribution in [-0.4, -0.2) is 36.0 Å². The van der Waals surface area contributed by atoms with Crippen LogP contribution in [-0.2, 0) is 0 Å². The van der Waals surface area contributed by atoms with Gasteiger partial charge in [-0.2, -0.15) is 17.0 Å². The van der Waals surface area contributed by atoms with Crippen molar-refractivity contribution in [1.29, 1.82) is 5.26 Å². The molecule has 14 heavy (non-hydrogen) atoms. The summed E-state index contributed by atoms with van der Waals surface area (Å²) < 4.78 is 0. The fraction of sp³-hybridized carbons (Fsp3) is 0.909. The molecule has 1 heterocycles. The van der Waals surface area contributed by atoms with Gasteiger partial charge in [-0.1, -0.05) is 0 Å².